The maximum Gasteiger partial charge on any atom is 0.262 e. The number of hydrogen-bond acceptors (Lipinski definition) is 2. The Morgan fingerprint density at radius 2 is 1.87 bits per heavy atom. The van der Waals surface area contributed by atoms with E-state index in [0.29, 0.717) is 13.0 Å². The lowest BCUT2D eigenvalue weighted by atomic mass is 10.1. The zero-order valence-corrected chi connectivity index (χ0v) is 16.7. The normalized spacial score (nSPS) is 11.4. The van der Waals surface area contributed by atoms with E-state index in [1.54, 1.807) is 6.08 Å². The second-order valence-corrected chi connectivity index (χ2v) is 7.11. The summed E-state index contributed by atoms with van der Waals surface area (Å²) in [5.74, 6) is -0.365. The number of nitrogens with one attached hydrogen (secondary N) is 2. The Morgan fingerprint density at radius 3 is 2.67 bits per heavy atom. The van der Waals surface area contributed by atoms with E-state index in [9.17, 15) is 10.1 Å². The van der Waals surface area contributed by atoms with Gasteiger partial charge >= 0.3 is 0 Å². The smallest absolute Gasteiger partial charge is 0.262 e. The van der Waals surface area contributed by atoms with E-state index in [1.807, 2.05) is 84.4 Å². The molecule has 5 heteroatoms. The Bertz CT molecular complexity index is 1260. The minimum Gasteiger partial charge on any atom is -0.361 e. The number of para-hydroxylation sites is 2. The molecule has 0 saturated heterocycles. The van der Waals surface area contributed by atoms with Gasteiger partial charge in [0.15, 0.2) is 0 Å². The summed E-state index contributed by atoms with van der Waals surface area (Å²) in [5, 5.41) is 13.6. The third kappa shape index (κ3) is 3.89. The van der Waals surface area contributed by atoms with Crippen LogP contribution in [-0.4, -0.2) is 22.0 Å². The van der Waals surface area contributed by atoms with E-state index >= 15 is 0 Å². The molecular formula is C25H22N4O. The van der Waals surface area contributed by atoms with Gasteiger partial charge in [-0.15, -0.1) is 0 Å². The highest BCUT2D eigenvalue weighted by Gasteiger charge is 2.12. The maximum atomic E-state index is 12.6. The van der Waals surface area contributed by atoms with Gasteiger partial charge in [0.1, 0.15) is 11.6 Å². The van der Waals surface area contributed by atoms with E-state index in [0.717, 1.165) is 33.5 Å². The molecule has 148 valence electrons. The maximum absolute atomic E-state index is 12.6. The number of aromatic nitrogens is 2. The highest BCUT2D eigenvalue weighted by Crippen LogP contribution is 2.20. The van der Waals surface area contributed by atoms with E-state index in [4.69, 9.17) is 0 Å². The van der Waals surface area contributed by atoms with Gasteiger partial charge in [-0.2, -0.15) is 5.26 Å². The number of fused-ring (bicyclic) bond motifs is 1. The molecule has 0 radical (unpaired) electrons. The lowest BCUT2D eigenvalue weighted by molar-refractivity contribution is -0.117. The first-order valence-corrected chi connectivity index (χ1v) is 9.86. The summed E-state index contributed by atoms with van der Waals surface area (Å²) in [5.41, 5.74) is 5.12. The van der Waals surface area contributed by atoms with Crippen molar-refractivity contribution in [1.29, 1.82) is 5.26 Å². The van der Waals surface area contributed by atoms with Crippen LogP contribution in [0.3, 0.4) is 0 Å². The van der Waals surface area contributed by atoms with Crippen molar-refractivity contribution in [1.82, 2.24) is 14.9 Å². The number of benzene rings is 2. The predicted molar refractivity (Wildman–Crippen MR) is 119 cm³/mol. The van der Waals surface area contributed by atoms with Crippen molar-refractivity contribution < 1.29 is 4.79 Å². The lowest BCUT2D eigenvalue weighted by Gasteiger charge is -2.10. The zero-order valence-electron chi connectivity index (χ0n) is 16.7. The van der Waals surface area contributed by atoms with Crippen LogP contribution in [0.4, 0.5) is 0 Å². The number of amides is 1. The molecule has 0 fully saturated rings. The molecule has 30 heavy (non-hydrogen) atoms. The number of hydrogen-bond donors (Lipinski definition) is 2. The standard InChI is InChI=1S/C25H22N4O/c1-18-11-12-22(29(18)21-7-3-2-4-8-21)15-20(16-26)25(30)27-14-13-19-17-28-24-10-6-5-9-23(19)24/h2-12,15,17,28H,13-14H2,1H3,(H,27,30)/b20-15-. The molecule has 2 aromatic heterocycles. The minimum absolute atomic E-state index is 0.0872. The Morgan fingerprint density at radius 1 is 1.10 bits per heavy atom. The molecule has 2 heterocycles. The summed E-state index contributed by atoms with van der Waals surface area (Å²) in [6.45, 7) is 2.45. The second-order valence-electron chi connectivity index (χ2n) is 7.11. The van der Waals surface area contributed by atoms with Gasteiger partial charge in [0, 0.05) is 40.7 Å². The van der Waals surface area contributed by atoms with Crippen LogP contribution in [0.15, 0.2) is 78.5 Å². The number of H-pyrrole nitrogens is 1. The third-order valence-corrected chi connectivity index (χ3v) is 5.13. The number of aromatic amines is 1. The molecule has 0 aliphatic rings. The molecule has 0 unspecified atom stereocenters. The molecule has 2 N–H and O–H groups in total. The third-order valence-electron chi connectivity index (χ3n) is 5.13. The number of carbonyl (C=O) groups is 1. The van der Waals surface area contributed by atoms with Crippen LogP contribution in [0.5, 0.6) is 0 Å². The van der Waals surface area contributed by atoms with Gasteiger partial charge in [-0.3, -0.25) is 4.79 Å². The molecule has 0 atom stereocenters. The molecule has 4 aromatic rings. The molecule has 0 aliphatic heterocycles. The Balaban J connectivity index is 1.48. The average Bonchev–Trinajstić information content (AvgIpc) is 3.36. The van der Waals surface area contributed by atoms with Crippen LogP contribution >= 0.6 is 0 Å². The van der Waals surface area contributed by atoms with Crippen molar-refractivity contribution in [3.05, 3.63) is 95.5 Å². The Labute approximate surface area is 175 Å². The molecule has 0 bridgehead atoms. The van der Waals surface area contributed by atoms with Crippen LogP contribution in [0.25, 0.3) is 22.7 Å². The van der Waals surface area contributed by atoms with E-state index in [1.165, 1.54) is 0 Å². The highest BCUT2D eigenvalue weighted by atomic mass is 16.1. The van der Waals surface area contributed by atoms with Gasteiger partial charge in [-0.1, -0.05) is 36.4 Å². The van der Waals surface area contributed by atoms with Crippen molar-refractivity contribution in [2.45, 2.75) is 13.3 Å². The van der Waals surface area contributed by atoms with Gasteiger partial charge in [-0.05, 0) is 55.3 Å². The molecule has 0 saturated carbocycles. The van der Waals surface area contributed by atoms with Crippen LogP contribution < -0.4 is 5.32 Å². The molecule has 4 rings (SSSR count). The first-order valence-electron chi connectivity index (χ1n) is 9.86. The number of carbonyl (C=O) groups excluding carboxylic acids is 1. The second kappa shape index (κ2) is 8.54. The van der Waals surface area contributed by atoms with Crippen LogP contribution in [0, 0.1) is 18.3 Å². The first-order chi connectivity index (χ1) is 14.7. The predicted octanol–water partition coefficient (Wildman–Crippen LogP) is 4.53. The first kappa shape index (κ1) is 19.3. The zero-order chi connectivity index (χ0) is 20.9. The molecule has 0 spiro atoms. The van der Waals surface area contributed by atoms with Gasteiger partial charge in [-0.25, -0.2) is 0 Å². The molecule has 1 amide bonds. The van der Waals surface area contributed by atoms with E-state index < -0.39 is 0 Å². The van der Waals surface area contributed by atoms with Gasteiger partial charge < -0.3 is 14.9 Å². The average molecular weight is 394 g/mol. The fourth-order valence-electron chi connectivity index (χ4n) is 3.64. The SMILES string of the molecule is Cc1ccc(/C=C(/C#N)C(=O)NCCc2c[nH]c3ccccc23)n1-c1ccccc1. The fraction of sp³-hybridized carbons (Fsp3) is 0.120. The van der Waals surface area contributed by atoms with Crippen molar-refractivity contribution in [3.63, 3.8) is 0 Å². The quantitative estimate of drug-likeness (QED) is 0.372. The van der Waals surface area contributed by atoms with Crippen molar-refractivity contribution in [2.75, 3.05) is 6.54 Å². The van der Waals surface area contributed by atoms with Gasteiger partial charge in [0.05, 0.1) is 0 Å². The summed E-state index contributed by atoms with van der Waals surface area (Å²) in [6, 6.07) is 23.9. The largest absolute Gasteiger partial charge is 0.361 e. The van der Waals surface area contributed by atoms with Gasteiger partial charge in [0.25, 0.3) is 5.91 Å². The Hall–Kier alpha value is -4.04. The van der Waals surface area contributed by atoms with Gasteiger partial charge in [0.2, 0.25) is 0 Å². The molecule has 0 aliphatic carbocycles. The summed E-state index contributed by atoms with van der Waals surface area (Å²) < 4.78 is 2.02. The Kier molecular flexibility index (Phi) is 5.49. The van der Waals surface area contributed by atoms with Crippen molar-refractivity contribution in [3.8, 4) is 11.8 Å². The molecular weight excluding hydrogens is 372 g/mol. The van der Waals surface area contributed by atoms with E-state index in [-0.39, 0.29) is 11.5 Å². The van der Waals surface area contributed by atoms with Crippen molar-refractivity contribution >= 4 is 22.9 Å². The minimum atomic E-state index is -0.365. The van der Waals surface area contributed by atoms with Crippen LogP contribution in [0.1, 0.15) is 17.0 Å². The number of nitriles is 1. The number of nitrogens with zero attached hydrogens (tertiary/aromatic N) is 2. The van der Waals surface area contributed by atoms with Crippen molar-refractivity contribution in [2.24, 2.45) is 0 Å². The summed E-state index contributed by atoms with van der Waals surface area (Å²) in [7, 11) is 0. The summed E-state index contributed by atoms with van der Waals surface area (Å²) >= 11 is 0. The van der Waals surface area contributed by atoms with E-state index in [2.05, 4.69) is 16.4 Å². The molecule has 5 nitrogen and oxygen atoms in total. The topological polar surface area (TPSA) is 73.6 Å². The lowest BCUT2D eigenvalue weighted by Crippen LogP contribution is -2.26. The fourth-order valence-corrected chi connectivity index (χ4v) is 3.64. The van der Waals surface area contributed by atoms with Crippen LogP contribution in [0.2, 0.25) is 0 Å². The summed E-state index contributed by atoms with van der Waals surface area (Å²) in [6.07, 6.45) is 4.29. The van der Waals surface area contributed by atoms with Crippen LogP contribution in [-0.2, 0) is 11.2 Å². The monoisotopic (exact) mass is 394 g/mol. The number of rotatable bonds is 6. The number of aryl methyl sites for hydroxylation is 1. The highest BCUT2D eigenvalue weighted by molar-refractivity contribution is 6.01. The summed E-state index contributed by atoms with van der Waals surface area (Å²) in [4.78, 5) is 15.8. The molecule has 2 aromatic carbocycles.